The van der Waals surface area contributed by atoms with E-state index in [2.05, 4.69) is 180 Å². The van der Waals surface area contributed by atoms with Crippen LogP contribution in [0.15, 0.2) is 212 Å². The average Bonchev–Trinajstić information content (AvgIpc) is 3.71. The Hall–Kier alpha value is -8.02. The molecule has 0 amide bonds. The van der Waals surface area contributed by atoms with Crippen LogP contribution in [0.4, 0.5) is 0 Å². The second-order valence-corrected chi connectivity index (χ2v) is 14.7. The Morgan fingerprint density at radius 2 is 0.780 bits per heavy atom. The van der Waals surface area contributed by atoms with Gasteiger partial charge in [-0.05, 0) is 63.7 Å². The summed E-state index contributed by atoms with van der Waals surface area (Å²) in [5.74, 6) is 0.667. The lowest BCUT2D eigenvalue weighted by atomic mass is 9.97. The van der Waals surface area contributed by atoms with Crippen LogP contribution < -0.4 is 0 Å². The lowest BCUT2D eigenvalue weighted by Gasteiger charge is -2.12. The lowest BCUT2D eigenvalue weighted by molar-refractivity contribution is 1.18. The fourth-order valence-corrected chi connectivity index (χ4v) is 8.04. The fraction of sp³-hybridized carbons (Fsp3) is 0. The number of hydrogen-bond donors (Lipinski definition) is 0. The fourth-order valence-electron chi connectivity index (χ4n) is 8.04. The van der Waals surface area contributed by atoms with Gasteiger partial charge >= 0.3 is 0 Å². The van der Waals surface area contributed by atoms with E-state index in [1.54, 1.807) is 0 Å². The summed E-state index contributed by atoms with van der Waals surface area (Å²) in [5, 5.41) is 2.15. The predicted molar refractivity (Wildman–Crippen MR) is 242 cm³/mol. The molecule has 4 aromatic heterocycles. The number of fused-ring (bicyclic) bond motifs is 5. The van der Waals surface area contributed by atoms with E-state index in [1.165, 1.54) is 11.1 Å². The zero-order chi connectivity index (χ0) is 39.1. The minimum Gasteiger partial charge on any atom is -0.284 e. The maximum Gasteiger partial charge on any atom is 0.165 e. The van der Waals surface area contributed by atoms with E-state index >= 15 is 0 Å². The summed E-state index contributed by atoms with van der Waals surface area (Å²) in [6, 6.07) is 71.9. The third kappa shape index (κ3) is 6.41. The second-order valence-electron chi connectivity index (χ2n) is 14.7. The third-order valence-electron chi connectivity index (χ3n) is 11.1. The van der Waals surface area contributed by atoms with Crippen LogP contribution in [-0.4, -0.2) is 24.3 Å². The number of benzene rings is 7. The van der Waals surface area contributed by atoms with Gasteiger partial charge in [-0.1, -0.05) is 176 Å². The second kappa shape index (κ2) is 14.5. The number of pyridine rings is 2. The first kappa shape index (κ1) is 34.2. The molecule has 5 heteroatoms. The summed E-state index contributed by atoms with van der Waals surface area (Å²) in [6.07, 6.45) is 2.03. The van der Waals surface area contributed by atoms with Crippen LogP contribution in [0.5, 0.6) is 0 Å². The van der Waals surface area contributed by atoms with E-state index in [0.717, 1.165) is 89.2 Å². The summed E-state index contributed by atoms with van der Waals surface area (Å²) in [4.78, 5) is 20.7. The molecule has 4 heterocycles. The first-order valence-electron chi connectivity index (χ1n) is 19.8. The van der Waals surface area contributed by atoms with Crippen molar-refractivity contribution in [2.24, 2.45) is 0 Å². The molecular weight excluding hydrogens is 719 g/mol. The molecule has 0 fully saturated rings. The van der Waals surface area contributed by atoms with E-state index in [9.17, 15) is 0 Å². The van der Waals surface area contributed by atoms with Gasteiger partial charge in [-0.2, -0.15) is 0 Å². The van der Waals surface area contributed by atoms with Crippen molar-refractivity contribution in [3.8, 4) is 78.5 Å². The van der Waals surface area contributed by atoms with Gasteiger partial charge in [0.25, 0.3) is 0 Å². The van der Waals surface area contributed by atoms with Gasteiger partial charge < -0.3 is 0 Å². The largest absolute Gasteiger partial charge is 0.284 e. The van der Waals surface area contributed by atoms with Crippen molar-refractivity contribution in [1.29, 1.82) is 0 Å². The highest BCUT2D eigenvalue weighted by Gasteiger charge is 2.17. The van der Waals surface area contributed by atoms with E-state index in [4.69, 9.17) is 19.9 Å². The van der Waals surface area contributed by atoms with Crippen LogP contribution in [0.25, 0.3) is 106 Å². The quantitative estimate of drug-likeness (QED) is 0.163. The third-order valence-corrected chi connectivity index (χ3v) is 11.1. The van der Waals surface area contributed by atoms with Gasteiger partial charge in [0.15, 0.2) is 11.5 Å². The van der Waals surface area contributed by atoms with E-state index in [-0.39, 0.29) is 0 Å². The van der Waals surface area contributed by atoms with Crippen LogP contribution in [0.2, 0.25) is 0 Å². The Kier molecular flexibility index (Phi) is 8.41. The molecule has 0 radical (unpaired) electrons. The molecule has 7 aromatic carbocycles. The smallest absolute Gasteiger partial charge is 0.165 e. The van der Waals surface area contributed by atoms with Crippen LogP contribution in [0.3, 0.4) is 0 Å². The normalized spacial score (nSPS) is 11.4. The van der Waals surface area contributed by atoms with Crippen molar-refractivity contribution in [1.82, 2.24) is 24.3 Å². The highest BCUT2D eigenvalue weighted by Crippen LogP contribution is 2.36. The van der Waals surface area contributed by atoms with Crippen molar-refractivity contribution in [2.75, 3.05) is 0 Å². The minimum atomic E-state index is 0.667. The van der Waals surface area contributed by atoms with Crippen molar-refractivity contribution >= 4 is 27.6 Å². The van der Waals surface area contributed by atoms with Crippen LogP contribution >= 0.6 is 0 Å². The average molecular weight is 754 g/mol. The SMILES string of the molecule is c1ccc(-c2ccc(-c3cc(-c4ccc(-c5ccccc5)cc4)nc(-c4cccc(-c5cccc(-c6nc7c(nc8ccccn87)c7ccccc67)c5)c4)n3)cc2)cc1. The van der Waals surface area contributed by atoms with Crippen molar-refractivity contribution < 1.29 is 0 Å². The molecule has 276 valence electrons. The summed E-state index contributed by atoms with van der Waals surface area (Å²) in [6.45, 7) is 0. The number of aromatic nitrogens is 5. The van der Waals surface area contributed by atoms with Crippen molar-refractivity contribution in [2.45, 2.75) is 0 Å². The Morgan fingerprint density at radius 1 is 0.305 bits per heavy atom. The molecule has 0 bridgehead atoms. The minimum absolute atomic E-state index is 0.667. The molecule has 5 nitrogen and oxygen atoms in total. The van der Waals surface area contributed by atoms with Gasteiger partial charge in [-0.25, -0.2) is 19.9 Å². The van der Waals surface area contributed by atoms with Crippen LogP contribution in [-0.2, 0) is 0 Å². The standard InChI is InChI=1S/C54H35N5/c1-3-13-36(14-4-1)38-24-28-40(29-25-38)48-35-49(41-30-26-39(27-31-41)37-15-5-2-6-16-37)56-53(55-48)45-20-12-18-43(34-45)42-17-11-19-44(33-42)51-46-21-7-8-22-47(46)52-54(58-51)59-32-10-9-23-50(59)57-52/h1-35H. The van der Waals surface area contributed by atoms with E-state index in [0.29, 0.717) is 5.82 Å². The Labute approximate surface area is 341 Å². The first-order chi connectivity index (χ1) is 29.2. The molecule has 0 spiro atoms. The van der Waals surface area contributed by atoms with E-state index in [1.807, 2.05) is 36.5 Å². The Morgan fingerprint density at radius 3 is 1.41 bits per heavy atom. The molecular formula is C54H35N5. The molecule has 0 aliphatic carbocycles. The number of rotatable bonds is 7. The molecule has 0 aliphatic heterocycles. The Bertz CT molecular complexity index is 3200. The Balaban J connectivity index is 1.00. The van der Waals surface area contributed by atoms with Gasteiger partial charge in [-0.3, -0.25) is 4.40 Å². The zero-order valence-corrected chi connectivity index (χ0v) is 31.9. The van der Waals surface area contributed by atoms with E-state index < -0.39 is 0 Å². The van der Waals surface area contributed by atoms with Gasteiger partial charge in [-0.15, -0.1) is 0 Å². The first-order valence-corrected chi connectivity index (χ1v) is 19.8. The topological polar surface area (TPSA) is 56.0 Å². The number of imidazole rings is 1. The number of hydrogen-bond acceptors (Lipinski definition) is 4. The van der Waals surface area contributed by atoms with Gasteiger partial charge in [0.2, 0.25) is 0 Å². The summed E-state index contributed by atoms with van der Waals surface area (Å²) in [5.41, 5.74) is 16.2. The molecule has 0 unspecified atom stereocenters. The summed E-state index contributed by atoms with van der Waals surface area (Å²) < 4.78 is 2.07. The highest BCUT2D eigenvalue weighted by molar-refractivity contribution is 6.09. The molecule has 11 aromatic rings. The van der Waals surface area contributed by atoms with Crippen LogP contribution in [0.1, 0.15) is 0 Å². The van der Waals surface area contributed by atoms with Gasteiger partial charge in [0.05, 0.1) is 17.1 Å². The van der Waals surface area contributed by atoms with Crippen LogP contribution in [0, 0.1) is 0 Å². The molecule has 0 aliphatic rings. The van der Waals surface area contributed by atoms with Crippen molar-refractivity contribution in [3.63, 3.8) is 0 Å². The lowest BCUT2D eigenvalue weighted by Crippen LogP contribution is -1.96. The molecule has 0 atom stereocenters. The monoisotopic (exact) mass is 753 g/mol. The maximum atomic E-state index is 5.26. The van der Waals surface area contributed by atoms with Crippen molar-refractivity contribution in [3.05, 3.63) is 212 Å². The molecule has 0 saturated carbocycles. The molecule has 11 rings (SSSR count). The maximum absolute atomic E-state index is 5.26. The summed E-state index contributed by atoms with van der Waals surface area (Å²) >= 11 is 0. The van der Waals surface area contributed by atoms with Gasteiger partial charge in [0, 0.05) is 39.2 Å². The molecule has 0 N–H and O–H groups in total. The molecule has 59 heavy (non-hydrogen) atoms. The summed E-state index contributed by atoms with van der Waals surface area (Å²) in [7, 11) is 0. The molecule has 0 saturated heterocycles. The zero-order valence-electron chi connectivity index (χ0n) is 31.9. The number of nitrogens with zero attached hydrogens (tertiary/aromatic N) is 5. The van der Waals surface area contributed by atoms with Gasteiger partial charge in [0.1, 0.15) is 11.2 Å². The predicted octanol–water partition coefficient (Wildman–Crippen LogP) is 13.5. The highest BCUT2D eigenvalue weighted by atomic mass is 15.1.